The Balaban J connectivity index is 2.01. The van der Waals surface area contributed by atoms with Crippen LogP contribution in [0.1, 0.15) is 42.6 Å². The number of nitriles is 1. The average Bonchev–Trinajstić information content (AvgIpc) is 2.71. The second kappa shape index (κ2) is 5.22. The SMILES string of the molecule is CC1CCC(NC(=O)c2ccc(C#N)cc2)C1C. The molecule has 3 heteroatoms. The summed E-state index contributed by atoms with van der Waals surface area (Å²) < 4.78 is 0. The van der Waals surface area contributed by atoms with E-state index in [0.29, 0.717) is 23.0 Å². The van der Waals surface area contributed by atoms with Gasteiger partial charge in [0.2, 0.25) is 0 Å². The van der Waals surface area contributed by atoms with E-state index in [1.54, 1.807) is 24.3 Å². The smallest absolute Gasteiger partial charge is 0.251 e. The zero-order valence-corrected chi connectivity index (χ0v) is 10.8. The van der Waals surface area contributed by atoms with Crippen molar-refractivity contribution in [2.24, 2.45) is 11.8 Å². The monoisotopic (exact) mass is 242 g/mol. The minimum absolute atomic E-state index is 0.0366. The van der Waals surface area contributed by atoms with E-state index in [1.807, 2.05) is 6.07 Å². The van der Waals surface area contributed by atoms with Gasteiger partial charge in [0.25, 0.3) is 5.91 Å². The maximum Gasteiger partial charge on any atom is 0.251 e. The highest BCUT2D eigenvalue weighted by atomic mass is 16.1. The molecular weight excluding hydrogens is 224 g/mol. The van der Waals surface area contributed by atoms with Crippen LogP contribution in [0.15, 0.2) is 24.3 Å². The minimum Gasteiger partial charge on any atom is -0.349 e. The second-order valence-electron chi connectivity index (χ2n) is 5.18. The summed E-state index contributed by atoms with van der Waals surface area (Å²) in [5.74, 6) is 1.18. The van der Waals surface area contributed by atoms with Crippen molar-refractivity contribution in [1.29, 1.82) is 5.26 Å². The molecule has 0 aliphatic heterocycles. The first-order valence-corrected chi connectivity index (χ1v) is 6.43. The van der Waals surface area contributed by atoms with E-state index in [-0.39, 0.29) is 11.9 Å². The van der Waals surface area contributed by atoms with Crippen molar-refractivity contribution in [2.75, 3.05) is 0 Å². The highest BCUT2D eigenvalue weighted by Gasteiger charge is 2.30. The van der Waals surface area contributed by atoms with E-state index in [0.717, 1.165) is 6.42 Å². The van der Waals surface area contributed by atoms with Crippen LogP contribution in [0, 0.1) is 23.2 Å². The van der Waals surface area contributed by atoms with Crippen molar-refractivity contribution in [3.05, 3.63) is 35.4 Å². The number of benzene rings is 1. The molecule has 1 aliphatic carbocycles. The molecule has 0 aromatic heterocycles. The quantitative estimate of drug-likeness (QED) is 0.867. The van der Waals surface area contributed by atoms with E-state index < -0.39 is 0 Å². The zero-order valence-electron chi connectivity index (χ0n) is 10.8. The Hall–Kier alpha value is -1.82. The first-order chi connectivity index (χ1) is 8.61. The third-order valence-corrected chi connectivity index (χ3v) is 4.06. The van der Waals surface area contributed by atoms with Crippen molar-refractivity contribution < 1.29 is 4.79 Å². The Morgan fingerprint density at radius 2 is 1.94 bits per heavy atom. The van der Waals surface area contributed by atoms with Crippen molar-refractivity contribution >= 4 is 5.91 Å². The first-order valence-electron chi connectivity index (χ1n) is 6.43. The summed E-state index contributed by atoms with van der Waals surface area (Å²) in [6.45, 7) is 4.43. The highest BCUT2D eigenvalue weighted by molar-refractivity contribution is 5.94. The van der Waals surface area contributed by atoms with Gasteiger partial charge in [-0.05, 0) is 48.9 Å². The number of hydrogen-bond donors (Lipinski definition) is 1. The number of nitrogens with one attached hydrogen (secondary N) is 1. The molecule has 1 N–H and O–H groups in total. The third-order valence-electron chi connectivity index (χ3n) is 4.06. The molecule has 1 aliphatic rings. The van der Waals surface area contributed by atoms with Gasteiger partial charge < -0.3 is 5.32 Å². The van der Waals surface area contributed by atoms with Gasteiger partial charge >= 0.3 is 0 Å². The van der Waals surface area contributed by atoms with Gasteiger partial charge in [0.1, 0.15) is 0 Å². The van der Waals surface area contributed by atoms with Crippen LogP contribution in [-0.2, 0) is 0 Å². The maximum atomic E-state index is 12.1. The van der Waals surface area contributed by atoms with Gasteiger partial charge in [-0.1, -0.05) is 13.8 Å². The number of nitrogens with zero attached hydrogens (tertiary/aromatic N) is 1. The Morgan fingerprint density at radius 3 is 2.44 bits per heavy atom. The maximum absolute atomic E-state index is 12.1. The molecule has 3 unspecified atom stereocenters. The summed E-state index contributed by atoms with van der Waals surface area (Å²) >= 11 is 0. The van der Waals surface area contributed by atoms with Crippen LogP contribution in [0.3, 0.4) is 0 Å². The van der Waals surface area contributed by atoms with E-state index in [1.165, 1.54) is 6.42 Å². The van der Waals surface area contributed by atoms with Crippen molar-refractivity contribution in [1.82, 2.24) is 5.32 Å². The molecule has 1 saturated carbocycles. The molecule has 18 heavy (non-hydrogen) atoms. The largest absolute Gasteiger partial charge is 0.349 e. The summed E-state index contributed by atoms with van der Waals surface area (Å²) in [5, 5.41) is 11.8. The standard InChI is InChI=1S/C15H18N2O/c1-10-3-8-14(11(10)2)17-15(18)13-6-4-12(9-16)5-7-13/h4-7,10-11,14H,3,8H2,1-2H3,(H,17,18). The van der Waals surface area contributed by atoms with Gasteiger partial charge in [0.15, 0.2) is 0 Å². The van der Waals surface area contributed by atoms with E-state index in [9.17, 15) is 4.79 Å². The molecule has 0 saturated heterocycles. The molecule has 0 spiro atoms. The lowest BCUT2D eigenvalue weighted by Gasteiger charge is -2.19. The van der Waals surface area contributed by atoms with Crippen LogP contribution in [0.25, 0.3) is 0 Å². The Morgan fingerprint density at radius 1 is 1.28 bits per heavy atom. The fourth-order valence-corrected chi connectivity index (χ4v) is 2.52. The van der Waals surface area contributed by atoms with Crippen molar-refractivity contribution in [3.8, 4) is 6.07 Å². The summed E-state index contributed by atoms with van der Waals surface area (Å²) in [6, 6.07) is 9.09. The summed E-state index contributed by atoms with van der Waals surface area (Å²) in [7, 11) is 0. The van der Waals surface area contributed by atoms with E-state index in [4.69, 9.17) is 5.26 Å². The normalized spacial score (nSPS) is 26.6. The molecule has 3 atom stereocenters. The van der Waals surface area contributed by atoms with Crippen LogP contribution in [-0.4, -0.2) is 11.9 Å². The highest BCUT2D eigenvalue weighted by Crippen LogP contribution is 2.31. The van der Waals surface area contributed by atoms with Gasteiger partial charge in [-0.15, -0.1) is 0 Å². The molecule has 94 valence electrons. The van der Waals surface area contributed by atoms with E-state index >= 15 is 0 Å². The number of rotatable bonds is 2. The van der Waals surface area contributed by atoms with Gasteiger partial charge in [0.05, 0.1) is 11.6 Å². The van der Waals surface area contributed by atoms with Crippen LogP contribution in [0.2, 0.25) is 0 Å². The summed E-state index contributed by atoms with van der Waals surface area (Å²) in [6.07, 6.45) is 2.24. The predicted molar refractivity (Wildman–Crippen MR) is 70.0 cm³/mol. The van der Waals surface area contributed by atoms with E-state index in [2.05, 4.69) is 19.2 Å². The molecule has 0 bridgehead atoms. The van der Waals surface area contributed by atoms with Gasteiger partial charge in [-0.3, -0.25) is 4.79 Å². The Kier molecular flexibility index (Phi) is 3.66. The molecule has 0 radical (unpaired) electrons. The minimum atomic E-state index is -0.0366. The molecule has 0 heterocycles. The number of amides is 1. The third kappa shape index (κ3) is 2.53. The van der Waals surface area contributed by atoms with Gasteiger partial charge in [-0.25, -0.2) is 0 Å². The predicted octanol–water partition coefficient (Wildman–Crippen LogP) is 2.72. The lowest BCUT2D eigenvalue weighted by Crippen LogP contribution is -2.37. The lowest BCUT2D eigenvalue weighted by atomic mass is 9.97. The molecular formula is C15H18N2O. The van der Waals surface area contributed by atoms with Crippen LogP contribution < -0.4 is 5.32 Å². The fraction of sp³-hybridized carbons (Fsp3) is 0.467. The molecule has 1 amide bonds. The molecule has 1 aromatic rings. The molecule has 1 aromatic carbocycles. The molecule has 2 rings (SSSR count). The van der Waals surface area contributed by atoms with Gasteiger partial charge in [0, 0.05) is 11.6 Å². The average molecular weight is 242 g/mol. The first kappa shape index (κ1) is 12.6. The van der Waals surface area contributed by atoms with Crippen molar-refractivity contribution in [3.63, 3.8) is 0 Å². The van der Waals surface area contributed by atoms with Crippen molar-refractivity contribution in [2.45, 2.75) is 32.7 Å². The number of carbonyl (C=O) groups excluding carboxylic acids is 1. The summed E-state index contributed by atoms with van der Waals surface area (Å²) in [4.78, 5) is 12.1. The Labute approximate surface area is 108 Å². The number of hydrogen-bond acceptors (Lipinski definition) is 2. The Bertz CT molecular complexity index is 472. The van der Waals surface area contributed by atoms with Crippen LogP contribution in [0.4, 0.5) is 0 Å². The van der Waals surface area contributed by atoms with Crippen LogP contribution in [0.5, 0.6) is 0 Å². The zero-order chi connectivity index (χ0) is 13.1. The number of carbonyl (C=O) groups is 1. The van der Waals surface area contributed by atoms with Crippen LogP contribution >= 0.6 is 0 Å². The topological polar surface area (TPSA) is 52.9 Å². The summed E-state index contributed by atoms with van der Waals surface area (Å²) in [5.41, 5.74) is 1.20. The molecule has 1 fully saturated rings. The fourth-order valence-electron chi connectivity index (χ4n) is 2.52. The van der Waals surface area contributed by atoms with Gasteiger partial charge in [-0.2, -0.15) is 5.26 Å². The second-order valence-corrected chi connectivity index (χ2v) is 5.18. The molecule has 3 nitrogen and oxygen atoms in total. The lowest BCUT2D eigenvalue weighted by molar-refractivity contribution is 0.0927.